The molecule has 0 aromatic carbocycles. The number of nitrogen functional groups attached to an aromatic ring is 1. The third-order valence-corrected chi connectivity index (χ3v) is 5.27. The minimum Gasteiger partial charge on any atom is -0.374 e. The number of nitrogens with zero attached hydrogens (tertiary/aromatic N) is 3. The van der Waals surface area contributed by atoms with Gasteiger partial charge in [-0.15, -0.1) is 10.2 Å². The first-order valence-corrected chi connectivity index (χ1v) is 7.55. The molecule has 8 heteroatoms. The highest BCUT2D eigenvalue weighted by atomic mass is 32.1. The lowest BCUT2D eigenvalue weighted by Crippen LogP contribution is -2.50. The van der Waals surface area contributed by atoms with E-state index in [1.807, 2.05) is 27.7 Å². The summed E-state index contributed by atoms with van der Waals surface area (Å²) in [7, 11) is 1.73. The highest BCUT2D eigenvalue weighted by molar-refractivity contribution is 7.15. The van der Waals surface area contributed by atoms with E-state index in [-0.39, 0.29) is 24.2 Å². The zero-order chi connectivity index (χ0) is 16.0. The molecule has 0 bridgehead atoms. The standard InChI is InChI=1S/C13H21N5O2S/c1-12(2,10-16-17-11(14)21-10)15-9(20)7-6-8(19)18(5)13(7,3)4/h7H,6H2,1-5H3,(H2,14,17)(H,15,20)/t7-/m0/s1. The molecule has 2 heterocycles. The molecule has 0 saturated carbocycles. The maximum atomic E-state index is 12.6. The molecule has 0 spiro atoms. The zero-order valence-corrected chi connectivity index (χ0v) is 13.7. The van der Waals surface area contributed by atoms with Gasteiger partial charge in [0, 0.05) is 19.0 Å². The SMILES string of the molecule is CN1C(=O)C[C@@H](C(=O)NC(C)(C)c2nnc(N)s2)C1(C)C. The second-order valence-electron chi connectivity index (χ2n) is 6.42. The molecule has 1 aromatic rings. The second kappa shape index (κ2) is 4.94. The van der Waals surface area contributed by atoms with Gasteiger partial charge in [0.05, 0.1) is 11.5 Å². The van der Waals surface area contributed by atoms with E-state index in [0.29, 0.717) is 10.1 Å². The van der Waals surface area contributed by atoms with Crippen LogP contribution in [-0.2, 0) is 15.1 Å². The average Bonchev–Trinajstić information content (AvgIpc) is 2.88. The minimum absolute atomic E-state index is 0.0156. The molecule has 0 unspecified atom stereocenters. The maximum absolute atomic E-state index is 12.6. The lowest BCUT2D eigenvalue weighted by Gasteiger charge is -2.34. The summed E-state index contributed by atoms with van der Waals surface area (Å²) in [5.74, 6) is -0.561. The van der Waals surface area contributed by atoms with Crippen LogP contribution in [0.1, 0.15) is 39.1 Å². The predicted octanol–water partition coefficient (Wildman–Crippen LogP) is 0.728. The summed E-state index contributed by atoms with van der Waals surface area (Å²) >= 11 is 1.24. The summed E-state index contributed by atoms with van der Waals surface area (Å²) in [6, 6.07) is 0. The largest absolute Gasteiger partial charge is 0.374 e. The molecule has 2 rings (SSSR count). The average molecular weight is 311 g/mol. The van der Waals surface area contributed by atoms with E-state index in [2.05, 4.69) is 15.5 Å². The van der Waals surface area contributed by atoms with Crippen molar-refractivity contribution in [1.82, 2.24) is 20.4 Å². The summed E-state index contributed by atoms with van der Waals surface area (Å²) in [5.41, 5.74) is 4.41. The van der Waals surface area contributed by atoms with Gasteiger partial charge in [-0.05, 0) is 27.7 Å². The Labute approximate surface area is 127 Å². The number of hydrogen-bond acceptors (Lipinski definition) is 6. The number of carbonyl (C=O) groups is 2. The number of anilines is 1. The molecule has 7 nitrogen and oxygen atoms in total. The van der Waals surface area contributed by atoms with Gasteiger partial charge in [0.2, 0.25) is 16.9 Å². The number of carbonyl (C=O) groups excluding carboxylic acids is 2. The van der Waals surface area contributed by atoms with Crippen molar-refractivity contribution in [3.8, 4) is 0 Å². The van der Waals surface area contributed by atoms with Crippen LogP contribution in [0.3, 0.4) is 0 Å². The molecule has 1 aromatic heterocycles. The smallest absolute Gasteiger partial charge is 0.226 e. The van der Waals surface area contributed by atoms with E-state index < -0.39 is 11.1 Å². The predicted molar refractivity (Wildman–Crippen MR) is 80.4 cm³/mol. The van der Waals surface area contributed by atoms with Gasteiger partial charge in [-0.1, -0.05) is 11.3 Å². The van der Waals surface area contributed by atoms with Crippen LogP contribution in [0.2, 0.25) is 0 Å². The topological polar surface area (TPSA) is 101 Å². The fourth-order valence-electron chi connectivity index (χ4n) is 2.47. The Morgan fingerprint density at radius 3 is 2.52 bits per heavy atom. The van der Waals surface area contributed by atoms with E-state index >= 15 is 0 Å². The monoisotopic (exact) mass is 311 g/mol. The summed E-state index contributed by atoms with van der Waals surface area (Å²) in [5, 5.41) is 11.7. The lowest BCUT2D eigenvalue weighted by molar-refractivity contribution is -0.129. The fraction of sp³-hybridized carbons (Fsp3) is 0.692. The molecule has 1 aliphatic heterocycles. The molecule has 21 heavy (non-hydrogen) atoms. The Morgan fingerprint density at radius 1 is 1.48 bits per heavy atom. The Balaban J connectivity index is 2.17. The number of amides is 2. The van der Waals surface area contributed by atoms with Gasteiger partial charge in [0.1, 0.15) is 5.01 Å². The number of rotatable bonds is 3. The molecule has 0 radical (unpaired) electrons. The lowest BCUT2D eigenvalue weighted by atomic mass is 9.87. The summed E-state index contributed by atoms with van der Waals surface area (Å²) in [6.45, 7) is 7.49. The molecule has 2 amide bonds. The first kappa shape index (κ1) is 15.7. The van der Waals surface area contributed by atoms with E-state index in [9.17, 15) is 9.59 Å². The van der Waals surface area contributed by atoms with Gasteiger partial charge < -0.3 is 16.0 Å². The highest BCUT2D eigenvalue weighted by Gasteiger charge is 2.48. The Bertz CT molecular complexity index is 581. The summed E-state index contributed by atoms with van der Waals surface area (Å²) < 4.78 is 0. The van der Waals surface area contributed by atoms with E-state index in [4.69, 9.17) is 5.73 Å². The van der Waals surface area contributed by atoms with E-state index in [0.717, 1.165) is 0 Å². The van der Waals surface area contributed by atoms with Crippen molar-refractivity contribution < 1.29 is 9.59 Å². The molecule has 1 aliphatic rings. The Morgan fingerprint density at radius 2 is 2.10 bits per heavy atom. The molecule has 3 N–H and O–H groups in total. The van der Waals surface area contributed by atoms with Crippen LogP contribution in [0.25, 0.3) is 0 Å². The number of nitrogens with one attached hydrogen (secondary N) is 1. The van der Waals surface area contributed by atoms with E-state index in [1.165, 1.54) is 11.3 Å². The number of nitrogens with two attached hydrogens (primary N) is 1. The quantitative estimate of drug-likeness (QED) is 0.857. The van der Waals surface area contributed by atoms with Crippen LogP contribution >= 0.6 is 11.3 Å². The van der Waals surface area contributed by atoms with Crippen molar-refractivity contribution in [2.24, 2.45) is 5.92 Å². The van der Waals surface area contributed by atoms with Crippen molar-refractivity contribution in [2.45, 2.75) is 45.2 Å². The number of likely N-dealkylation sites (tertiary alicyclic amines) is 1. The molecule has 116 valence electrons. The fourth-order valence-corrected chi connectivity index (χ4v) is 3.13. The van der Waals surface area contributed by atoms with Gasteiger partial charge in [-0.3, -0.25) is 9.59 Å². The van der Waals surface area contributed by atoms with Crippen molar-refractivity contribution in [3.05, 3.63) is 5.01 Å². The third-order valence-electron chi connectivity index (χ3n) is 4.20. The van der Waals surface area contributed by atoms with Gasteiger partial charge in [-0.25, -0.2) is 0 Å². The Kier molecular flexibility index (Phi) is 3.69. The third kappa shape index (κ3) is 2.72. The van der Waals surface area contributed by atoms with Crippen LogP contribution in [-0.4, -0.2) is 39.5 Å². The zero-order valence-electron chi connectivity index (χ0n) is 12.9. The first-order valence-electron chi connectivity index (χ1n) is 6.74. The number of hydrogen-bond donors (Lipinski definition) is 2. The van der Waals surface area contributed by atoms with Gasteiger partial charge in [-0.2, -0.15) is 0 Å². The summed E-state index contributed by atoms with van der Waals surface area (Å²) in [6.07, 6.45) is 0.226. The van der Waals surface area contributed by atoms with Gasteiger partial charge in [0.25, 0.3) is 0 Å². The molecule has 1 fully saturated rings. The van der Waals surface area contributed by atoms with Crippen LogP contribution in [0.4, 0.5) is 5.13 Å². The molecule has 0 aliphatic carbocycles. The normalized spacial score (nSPS) is 21.7. The van der Waals surface area contributed by atoms with Crippen LogP contribution in [0.5, 0.6) is 0 Å². The van der Waals surface area contributed by atoms with Crippen molar-refractivity contribution in [3.63, 3.8) is 0 Å². The minimum atomic E-state index is -0.674. The molecule has 1 atom stereocenters. The summed E-state index contributed by atoms with van der Waals surface area (Å²) in [4.78, 5) is 26.1. The van der Waals surface area contributed by atoms with Crippen LogP contribution in [0, 0.1) is 5.92 Å². The van der Waals surface area contributed by atoms with Crippen molar-refractivity contribution >= 4 is 28.3 Å². The van der Waals surface area contributed by atoms with Crippen molar-refractivity contribution in [2.75, 3.05) is 12.8 Å². The Hall–Kier alpha value is -1.70. The van der Waals surface area contributed by atoms with Crippen LogP contribution in [0.15, 0.2) is 0 Å². The second-order valence-corrected chi connectivity index (χ2v) is 7.43. The van der Waals surface area contributed by atoms with Gasteiger partial charge in [0.15, 0.2) is 0 Å². The molecular formula is C13H21N5O2S. The van der Waals surface area contributed by atoms with E-state index in [1.54, 1.807) is 11.9 Å². The van der Waals surface area contributed by atoms with Gasteiger partial charge >= 0.3 is 0 Å². The van der Waals surface area contributed by atoms with Crippen LogP contribution < -0.4 is 11.1 Å². The highest BCUT2D eigenvalue weighted by Crippen LogP contribution is 2.35. The van der Waals surface area contributed by atoms with Crippen molar-refractivity contribution in [1.29, 1.82) is 0 Å². The number of aromatic nitrogens is 2. The first-order chi connectivity index (χ1) is 9.55. The maximum Gasteiger partial charge on any atom is 0.226 e. The molecular weight excluding hydrogens is 290 g/mol. The molecule has 1 saturated heterocycles.